The van der Waals surface area contributed by atoms with Gasteiger partial charge in [-0.05, 0) is 73.3 Å². The highest BCUT2D eigenvalue weighted by Crippen LogP contribution is 2.34. The average Bonchev–Trinajstić information content (AvgIpc) is 3.31. The molecular formula is C28H26O7S3. The second-order valence-electron chi connectivity index (χ2n) is 9.13. The molecule has 0 saturated heterocycles. The predicted octanol–water partition coefficient (Wildman–Crippen LogP) is 4.27. The molecule has 10 heteroatoms. The van der Waals surface area contributed by atoms with Gasteiger partial charge in [0.05, 0.1) is 10.8 Å². The van der Waals surface area contributed by atoms with Gasteiger partial charge in [0.1, 0.15) is 11.8 Å². The summed E-state index contributed by atoms with van der Waals surface area (Å²) >= 11 is 3.16. The van der Waals surface area contributed by atoms with Crippen LogP contribution in [0, 0.1) is 11.8 Å². The molecule has 7 nitrogen and oxygen atoms in total. The SMILES string of the molecule is CSCCCC(=O)C1C(=O)c2ccc(S(=O)c3ccc4c(c3)C(=O)C(C(=O)CCCSC)C4=O)cc2C1=O. The van der Waals surface area contributed by atoms with Crippen molar-refractivity contribution in [2.45, 2.75) is 35.5 Å². The van der Waals surface area contributed by atoms with Crippen LogP contribution in [0.4, 0.5) is 0 Å². The van der Waals surface area contributed by atoms with Crippen molar-refractivity contribution < 1.29 is 33.0 Å². The van der Waals surface area contributed by atoms with Crippen LogP contribution in [0.1, 0.15) is 67.1 Å². The van der Waals surface area contributed by atoms with Crippen LogP contribution in [0.5, 0.6) is 0 Å². The highest BCUT2D eigenvalue weighted by Gasteiger charge is 2.44. The summed E-state index contributed by atoms with van der Waals surface area (Å²) in [6, 6.07) is 8.45. The number of fused-ring (bicyclic) bond motifs is 2. The molecule has 0 aromatic heterocycles. The van der Waals surface area contributed by atoms with E-state index in [0.29, 0.717) is 12.8 Å². The average molecular weight is 571 g/mol. The molecule has 198 valence electrons. The van der Waals surface area contributed by atoms with Gasteiger partial charge in [-0.2, -0.15) is 23.5 Å². The third-order valence-corrected chi connectivity index (χ3v) is 9.47. The molecule has 2 unspecified atom stereocenters. The molecule has 0 N–H and O–H groups in total. The lowest BCUT2D eigenvalue weighted by atomic mass is 9.95. The van der Waals surface area contributed by atoms with Crippen LogP contribution in [0.2, 0.25) is 0 Å². The van der Waals surface area contributed by atoms with E-state index in [2.05, 4.69) is 0 Å². The fraction of sp³-hybridized carbons (Fsp3) is 0.357. The largest absolute Gasteiger partial charge is 0.298 e. The van der Waals surface area contributed by atoms with E-state index in [4.69, 9.17) is 0 Å². The fourth-order valence-corrected chi connectivity index (χ4v) is 6.74. The molecule has 2 aliphatic rings. The van der Waals surface area contributed by atoms with E-state index in [-0.39, 0.29) is 44.9 Å². The van der Waals surface area contributed by atoms with Crippen molar-refractivity contribution >= 4 is 69.0 Å². The van der Waals surface area contributed by atoms with Gasteiger partial charge >= 0.3 is 0 Å². The number of hydrogen-bond donors (Lipinski definition) is 0. The maximum atomic E-state index is 13.4. The van der Waals surface area contributed by atoms with E-state index in [1.54, 1.807) is 23.5 Å². The molecule has 4 rings (SSSR count). The molecule has 0 bridgehead atoms. The standard InChI is InChI=1S/C28H26O7S3/c1-36-11-3-5-21(29)23-25(31)17-9-7-15(13-19(17)27(23)33)38(35)16-8-10-18-20(14-16)28(34)24(26(18)32)22(30)6-4-12-37-2/h7-10,13-14,23-24H,3-6,11-12H2,1-2H3. The Bertz CT molecular complexity index is 1290. The number of hydrogen-bond acceptors (Lipinski definition) is 9. The lowest BCUT2D eigenvalue weighted by molar-refractivity contribution is -0.121. The topological polar surface area (TPSA) is 119 Å². The van der Waals surface area contributed by atoms with E-state index in [9.17, 15) is 33.0 Å². The van der Waals surface area contributed by atoms with Crippen LogP contribution in [0.25, 0.3) is 0 Å². The first-order valence-electron chi connectivity index (χ1n) is 12.1. The summed E-state index contributed by atoms with van der Waals surface area (Å²) < 4.78 is 13.4. The Morgan fingerprint density at radius 2 is 1.03 bits per heavy atom. The van der Waals surface area contributed by atoms with Crippen molar-refractivity contribution in [3.05, 3.63) is 58.7 Å². The number of carbonyl (C=O) groups is 6. The molecule has 2 aromatic rings. The van der Waals surface area contributed by atoms with Crippen molar-refractivity contribution in [2.24, 2.45) is 11.8 Å². The van der Waals surface area contributed by atoms with Crippen molar-refractivity contribution in [3.8, 4) is 0 Å². The third-order valence-electron chi connectivity index (χ3n) is 6.71. The lowest BCUT2D eigenvalue weighted by Crippen LogP contribution is -2.25. The van der Waals surface area contributed by atoms with Gasteiger partial charge in [0.25, 0.3) is 0 Å². The summed E-state index contributed by atoms with van der Waals surface area (Å²) in [4.78, 5) is 77.1. The number of ketones is 6. The van der Waals surface area contributed by atoms with Crippen molar-refractivity contribution in [1.29, 1.82) is 0 Å². The van der Waals surface area contributed by atoms with Crippen LogP contribution in [-0.2, 0) is 20.4 Å². The summed E-state index contributed by atoms with van der Waals surface area (Å²) in [6.07, 6.45) is 5.25. The Balaban J connectivity index is 1.56. The van der Waals surface area contributed by atoms with Gasteiger partial charge < -0.3 is 0 Å². The van der Waals surface area contributed by atoms with Gasteiger partial charge in [-0.15, -0.1) is 0 Å². The first kappa shape index (κ1) is 28.3. The number of Topliss-reactive ketones (excluding diaryl/α,β-unsaturated/α-hetero) is 6. The van der Waals surface area contributed by atoms with Crippen LogP contribution in [-0.4, -0.2) is 62.9 Å². The number of benzene rings is 2. The minimum atomic E-state index is -1.84. The maximum Gasteiger partial charge on any atom is 0.181 e. The lowest BCUT2D eigenvalue weighted by Gasteiger charge is -2.06. The van der Waals surface area contributed by atoms with Gasteiger partial charge in [0.2, 0.25) is 0 Å². The fourth-order valence-electron chi connectivity index (χ4n) is 4.77. The normalized spacial score (nSPS) is 19.0. The summed E-state index contributed by atoms with van der Waals surface area (Å²) in [6.45, 7) is 0. The zero-order chi connectivity index (χ0) is 27.6. The van der Waals surface area contributed by atoms with Crippen LogP contribution >= 0.6 is 23.5 Å². The molecule has 0 amide bonds. The Morgan fingerprint density at radius 1 is 0.658 bits per heavy atom. The smallest absolute Gasteiger partial charge is 0.181 e. The molecule has 0 aliphatic heterocycles. The predicted molar refractivity (Wildman–Crippen MR) is 147 cm³/mol. The van der Waals surface area contributed by atoms with Crippen molar-refractivity contribution in [2.75, 3.05) is 24.0 Å². The minimum absolute atomic E-state index is 0.0624. The zero-order valence-electron chi connectivity index (χ0n) is 20.9. The van der Waals surface area contributed by atoms with Crippen LogP contribution < -0.4 is 0 Å². The zero-order valence-corrected chi connectivity index (χ0v) is 23.4. The van der Waals surface area contributed by atoms with Gasteiger partial charge in [-0.1, -0.05) is 0 Å². The summed E-state index contributed by atoms with van der Waals surface area (Å²) in [5.74, 6) is -4.28. The van der Waals surface area contributed by atoms with E-state index < -0.39 is 57.3 Å². The number of thioether (sulfide) groups is 2. The Labute approximate surface area is 231 Å². The quantitative estimate of drug-likeness (QED) is 0.272. The van der Waals surface area contributed by atoms with Crippen molar-refractivity contribution in [3.63, 3.8) is 0 Å². The summed E-state index contributed by atoms with van der Waals surface area (Å²) in [5.41, 5.74) is 0.396. The van der Waals surface area contributed by atoms with E-state index in [1.165, 1.54) is 36.4 Å². The third kappa shape index (κ3) is 5.26. The highest BCUT2D eigenvalue weighted by molar-refractivity contribution is 7.98. The first-order chi connectivity index (χ1) is 18.2. The van der Waals surface area contributed by atoms with E-state index in [0.717, 1.165) is 11.5 Å². The number of rotatable bonds is 12. The molecule has 0 spiro atoms. The molecule has 0 fully saturated rings. The Kier molecular flexibility index (Phi) is 8.95. The van der Waals surface area contributed by atoms with Gasteiger partial charge in [-0.3, -0.25) is 28.8 Å². The maximum absolute atomic E-state index is 13.4. The molecular weight excluding hydrogens is 545 g/mol. The van der Waals surface area contributed by atoms with E-state index >= 15 is 0 Å². The summed E-state index contributed by atoms with van der Waals surface area (Å²) in [7, 11) is -1.84. The Hall–Kier alpha value is -2.69. The van der Waals surface area contributed by atoms with E-state index in [1.807, 2.05) is 12.5 Å². The molecule has 38 heavy (non-hydrogen) atoms. The van der Waals surface area contributed by atoms with Crippen LogP contribution in [0.3, 0.4) is 0 Å². The second-order valence-corrected chi connectivity index (χ2v) is 12.6. The van der Waals surface area contributed by atoms with Gasteiger partial charge in [-0.25, -0.2) is 4.21 Å². The Morgan fingerprint density at radius 3 is 1.39 bits per heavy atom. The summed E-state index contributed by atoms with van der Waals surface area (Å²) in [5, 5.41) is 0. The number of carbonyl (C=O) groups excluding carboxylic acids is 6. The van der Waals surface area contributed by atoms with Gasteiger partial charge in [0, 0.05) is 44.9 Å². The molecule has 2 atom stereocenters. The molecule has 0 saturated carbocycles. The molecule has 2 aromatic carbocycles. The second kappa shape index (κ2) is 12.0. The minimum Gasteiger partial charge on any atom is -0.298 e. The molecule has 0 heterocycles. The van der Waals surface area contributed by atoms with Crippen LogP contribution in [0.15, 0.2) is 46.2 Å². The van der Waals surface area contributed by atoms with Crippen molar-refractivity contribution in [1.82, 2.24) is 0 Å². The first-order valence-corrected chi connectivity index (χ1v) is 16.0. The monoisotopic (exact) mass is 570 g/mol. The molecule has 0 radical (unpaired) electrons. The highest BCUT2D eigenvalue weighted by atomic mass is 32.2. The van der Waals surface area contributed by atoms with Gasteiger partial charge in [0.15, 0.2) is 34.7 Å². The molecule has 2 aliphatic carbocycles.